The van der Waals surface area contributed by atoms with E-state index in [1.165, 1.54) is 35.7 Å². The molecule has 0 unspecified atom stereocenters. The van der Waals surface area contributed by atoms with Crippen LogP contribution in [-0.2, 0) is 24.2 Å². The Hall–Kier alpha value is -1.48. The second kappa shape index (κ2) is 6.20. The molecule has 0 bridgehead atoms. The molecule has 0 amide bonds. The normalized spacial score (nSPS) is 21.4. The Balaban J connectivity index is 1.78. The lowest BCUT2D eigenvalue weighted by Gasteiger charge is -2.36. The summed E-state index contributed by atoms with van der Waals surface area (Å²) in [5.74, 6) is -1.19. The van der Waals surface area contributed by atoms with Gasteiger partial charge < -0.3 is 14.2 Å². The minimum atomic E-state index is -3.66. The molecule has 2 aliphatic heterocycles. The number of benzene rings is 1. The lowest BCUT2D eigenvalue weighted by atomic mass is 10.1. The standard InChI is InChI=1S/C15H19NO6S/c1-20-14(17)12-3-2-4-13(11-12)23(18,19)16-7-5-15(6-8-16)21-9-10-22-15/h2-4,11H,5-10H2,1H3. The number of sulfonamides is 1. The SMILES string of the molecule is COC(=O)c1cccc(S(=O)(=O)N2CCC3(CC2)OCCO3)c1. The third kappa shape index (κ3) is 3.12. The molecule has 2 fully saturated rings. The van der Waals surface area contributed by atoms with Crippen molar-refractivity contribution in [1.29, 1.82) is 0 Å². The molecule has 2 heterocycles. The van der Waals surface area contributed by atoms with E-state index in [-0.39, 0.29) is 10.5 Å². The average Bonchev–Trinajstić information content (AvgIpc) is 3.02. The lowest BCUT2D eigenvalue weighted by Crippen LogP contribution is -2.47. The van der Waals surface area contributed by atoms with Crippen molar-refractivity contribution in [2.24, 2.45) is 0 Å². The van der Waals surface area contributed by atoms with Crippen LogP contribution in [0.2, 0.25) is 0 Å². The van der Waals surface area contributed by atoms with E-state index in [4.69, 9.17) is 9.47 Å². The first-order valence-electron chi connectivity index (χ1n) is 7.43. The number of hydrogen-bond acceptors (Lipinski definition) is 6. The first-order valence-corrected chi connectivity index (χ1v) is 8.87. The van der Waals surface area contributed by atoms with Crippen LogP contribution in [0, 0.1) is 0 Å². The van der Waals surface area contributed by atoms with Crippen molar-refractivity contribution < 1.29 is 27.4 Å². The maximum atomic E-state index is 12.7. The fourth-order valence-electron chi connectivity index (χ4n) is 2.90. The molecule has 1 spiro atoms. The number of rotatable bonds is 3. The Morgan fingerprint density at radius 3 is 2.48 bits per heavy atom. The van der Waals surface area contributed by atoms with Crippen molar-refractivity contribution in [3.63, 3.8) is 0 Å². The molecule has 0 radical (unpaired) electrons. The Bertz CT molecular complexity index is 686. The minimum absolute atomic E-state index is 0.0876. The van der Waals surface area contributed by atoms with Crippen LogP contribution >= 0.6 is 0 Å². The largest absolute Gasteiger partial charge is 0.465 e. The summed E-state index contributed by atoms with van der Waals surface area (Å²) >= 11 is 0. The third-order valence-corrected chi connectivity index (χ3v) is 6.09. The van der Waals surface area contributed by atoms with Gasteiger partial charge in [0.2, 0.25) is 10.0 Å². The zero-order chi connectivity index (χ0) is 16.5. The molecule has 1 aromatic rings. The topological polar surface area (TPSA) is 82.1 Å². The number of hydrogen-bond donors (Lipinski definition) is 0. The maximum Gasteiger partial charge on any atom is 0.337 e. The van der Waals surface area contributed by atoms with Gasteiger partial charge in [-0.2, -0.15) is 4.31 Å². The van der Waals surface area contributed by atoms with Gasteiger partial charge in [0, 0.05) is 25.9 Å². The van der Waals surface area contributed by atoms with Crippen LogP contribution in [-0.4, -0.2) is 57.9 Å². The monoisotopic (exact) mass is 341 g/mol. The van der Waals surface area contributed by atoms with Gasteiger partial charge in [-0.15, -0.1) is 0 Å². The summed E-state index contributed by atoms with van der Waals surface area (Å²) in [4.78, 5) is 11.7. The van der Waals surface area contributed by atoms with E-state index in [1.54, 1.807) is 0 Å². The first-order chi connectivity index (χ1) is 11.0. The van der Waals surface area contributed by atoms with Crippen LogP contribution < -0.4 is 0 Å². The molecule has 126 valence electrons. The molecular weight excluding hydrogens is 322 g/mol. The Morgan fingerprint density at radius 2 is 1.87 bits per heavy atom. The lowest BCUT2D eigenvalue weighted by molar-refractivity contribution is -0.179. The Kier molecular flexibility index (Phi) is 4.41. The second-order valence-electron chi connectivity index (χ2n) is 5.53. The van der Waals surface area contributed by atoms with E-state index in [9.17, 15) is 13.2 Å². The highest BCUT2D eigenvalue weighted by molar-refractivity contribution is 7.89. The summed E-state index contributed by atoms with van der Waals surface area (Å²) in [7, 11) is -2.40. The fourth-order valence-corrected chi connectivity index (χ4v) is 4.39. The van der Waals surface area contributed by atoms with Crippen molar-refractivity contribution in [1.82, 2.24) is 4.31 Å². The molecule has 0 atom stereocenters. The molecule has 0 N–H and O–H groups in total. The quantitative estimate of drug-likeness (QED) is 0.763. The Morgan fingerprint density at radius 1 is 1.22 bits per heavy atom. The summed E-state index contributed by atoms with van der Waals surface area (Å²) in [6, 6.07) is 5.88. The number of carbonyl (C=O) groups excluding carboxylic acids is 1. The molecular formula is C15H19NO6S. The maximum absolute atomic E-state index is 12.7. The number of ether oxygens (including phenoxy) is 3. The second-order valence-corrected chi connectivity index (χ2v) is 7.47. The van der Waals surface area contributed by atoms with Gasteiger partial charge in [0.25, 0.3) is 0 Å². The van der Waals surface area contributed by atoms with E-state index in [1.807, 2.05) is 0 Å². The highest BCUT2D eigenvalue weighted by Crippen LogP contribution is 2.33. The van der Waals surface area contributed by atoms with Crippen molar-refractivity contribution in [2.45, 2.75) is 23.5 Å². The van der Waals surface area contributed by atoms with Crippen molar-refractivity contribution in [3.05, 3.63) is 29.8 Å². The molecule has 3 rings (SSSR count). The predicted molar refractivity (Wildman–Crippen MR) is 80.4 cm³/mol. The van der Waals surface area contributed by atoms with Crippen LogP contribution in [0.25, 0.3) is 0 Å². The number of esters is 1. The van der Waals surface area contributed by atoms with Gasteiger partial charge in [0.15, 0.2) is 5.79 Å². The summed E-state index contributed by atoms with van der Waals surface area (Å²) in [6.45, 7) is 1.75. The smallest absolute Gasteiger partial charge is 0.337 e. The minimum Gasteiger partial charge on any atom is -0.465 e. The zero-order valence-corrected chi connectivity index (χ0v) is 13.7. The average molecular weight is 341 g/mol. The van der Waals surface area contributed by atoms with Gasteiger partial charge >= 0.3 is 5.97 Å². The van der Waals surface area contributed by atoms with Crippen LogP contribution in [0.4, 0.5) is 0 Å². The summed E-state index contributed by atoms with van der Waals surface area (Å²) in [6.07, 6.45) is 1.01. The van der Waals surface area contributed by atoms with Crippen LogP contribution in [0.15, 0.2) is 29.2 Å². The summed E-state index contributed by atoms with van der Waals surface area (Å²) in [5.41, 5.74) is 0.213. The van der Waals surface area contributed by atoms with E-state index in [0.29, 0.717) is 39.1 Å². The van der Waals surface area contributed by atoms with E-state index >= 15 is 0 Å². The molecule has 7 nitrogen and oxygen atoms in total. The molecule has 1 aromatic carbocycles. The van der Waals surface area contributed by atoms with Crippen molar-refractivity contribution in [3.8, 4) is 0 Å². The van der Waals surface area contributed by atoms with Gasteiger partial charge in [0.1, 0.15) is 0 Å². The van der Waals surface area contributed by atoms with E-state index < -0.39 is 21.8 Å². The van der Waals surface area contributed by atoms with Gasteiger partial charge in [-0.25, -0.2) is 13.2 Å². The predicted octanol–water partition coefficient (Wildman–Crippen LogP) is 1.00. The molecule has 8 heteroatoms. The van der Waals surface area contributed by atoms with Crippen LogP contribution in [0.5, 0.6) is 0 Å². The highest BCUT2D eigenvalue weighted by atomic mass is 32.2. The first kappa shape index (κ1) is 16.4. The molecule has 23 heavy (non-hydrogen) atoms. The molecule has 2 saturated heterocycles. The number of piperidine rings is 1. The molecule has 2 aliphatic rings. The summed E-state index contributed by atoms with van der Waals surface area (Å²) < 4.78 is 42.7. The number of carbonyl (C=O) groups is 1. The van der Waals surface area contributed by atoms with E-state index in [2.05, 4.69) is 4.74 Å². The van der Waals surface area contributed by atoms with Gasteiger partial charge in [-0.1, -0.05) is 6.07 Å². The van der Waals surface area contributed by atoms with Crippen LogP contribution in [0.1, 0.15) is 23.2 Å². The van der Waals surface area contributed by atoms with Crippen molar-refractivity contribution >= 4 is 16.0 Å². The Labute approximate surface area is 135 Å². The number of nitrogens with zero attached hydrogens (tertiary/aromatic N) is 1. The summed E-state index contributed by atoms with van der Waals surface area (Å²) in [5, 5.41) is 0. The van der Waals surface area contributed by atoms with Crippen molar-refractivity contribution in [2.75, 3.05) is 33.4 Å². The zero-order valence-electron chi connectivity index (χ0n) is 12.9. The number of methoxy groups -OCH3 is 1. The molecule has 0 saturated carbocycles. The van der Waals surface area contributed by atoms with Gasteiger partial charge in [-0.3, -0.25) is 0 Å². The van der Waals surface area contributed by atoms with Gasteiger partial charge in [-0.05, 0) is 18.2 Å². The fraction of sp³-hybridized carbons (Fsp3) is 0.533. The third-order valence-electron chi connectivity index (χ3n) is 4.19. The van der Waals surface area contributed by atoms with E-state index in [0.717, 1.165) is 0 Å². The molecule has 0 aliphatic carbocycles. The van der Waals surface area contributed by atoms with Gasteiger partial charge in [0.05, 0.1) is 30.8 Å². The van der Waals surface area contributed by atoms with Crippen LogP contribution in [0.3, 0.4) is 0 Å². The highest BCUT2D eigenvalue weighted by Gasteiger charge is 2.42. The molecule has 0 aromatic heterocycles.